The summed E-state index contributed by atoms with van der Waals surface area (Å²) < 4.78 is 5.70. The first-order valence-corrected chi connectivity index (χ1v) is 6.89. The summed E-state index contributed by atoms with van der Waals surface area (Å²) in [5.74, 6) is 0.265. The number of nitrogens with one attached hydrogen (secondary N) is 1. The smallest absolute Gasteiger partial charge is 0.240 e. The number of carbonyl (C=O) groups is 1. The Morgan fingerprint density at radius 3 is 2.94 bits per heavy atom. The topological polar surface area (TPSA) is 41.6 Å². The molecule has 2 fully saturated rings. The van der Waals surface area contributed by atoms with Crippen molar-refractivity contribution in [2.75, 3.05) is 19.7 Å². The van der Waals surface area contributed by atoms with E-state index in [-0.39, 0.29) is 24.1 Å². The Hall–Kier alpha value is -0.610. The number of amides is 1. The number of nitrogens with zero attached hydrogens (tertiary/aromatic N) is 1. The van der Waals surface area contributed by atoms with Crippen LogP contribution in [0.4, 0.5) is 0 Å². The molecule has 0 radical (unpaired) electrons. The van der Waals surface area contributed by atoms with Crippen molar-refractivity contribution < 1.29 is 9.53 Å². The predicted octanol–water partition coefficient (Wildman–Crippen LogP) is 1.15. The zero-order chi connectivity index (χ0) is 12.3. The summed E-state index contributed by atoms with van der Waals surface area (Å²) in [6.07, 6.45) is 4.55. The van der Waals surface area contributed by atoms with Crippen LogP contribution >= 0.6 is 0 Å². The fourth-order valence-corrected chi connectivity index (χ4v) is 2.92. The minimum atomic E-state index is 0.0256. The molecule has 1 N–H and O–H groups in total. The summed E-state index contributed by atoms with van der Waals surface area (Å²) >= 11 is 0. The molecule has 0 saturated carbocycles. The van der Waals surface area contributed by atoms with Crippen molar-refractivity contribution in [2.24, 2.45) is 0 Å². The third kappa shape index (κ3) is 2.80. The maximum absolute atomic E-state index is 12.3. The Morgan fingerprint density at radius 2 is 2.29 bits per heavy atom. The van der Waals surface area contributed by atoms with Gasteiger partial charge in [0.1, 0.15) is 0 Å². The first-order valence-electron chi connectivity index (χ1n) is 6.89. The SMILES string of the molecule is CCNC1CCCN(C(C)C2CCCO2)C1=O. The van der Waals surface area contributed by atoms with Crippen LogP contribution in [0.2, 0.25) is 0 Å². The Balaban J connectivity index is 1.96. The standard InChI is InChI=1S/C13H24N2O2/c1-3-14-11-6-4-8-15(13(11)16)10(2)12-7-5-9-17-12/h10-12,14H,3-9H2,1-2H3. The number of hydrogen-bond donors (Lipinski definition) is 1. The average molecular weight is 240 g/mol. The zero-order valence-electron chi connectivity index (χ0n) is 10.9. The molecule has 0 aliphatic carbocycles. The Labute approximate surface area is 104 Å². The predicted molar refractivity (Wildman–Crippen MR) is 66.8 cm³/mol. The molecule has 3 atom stereocenters. The summed E-state index contributed by atoms with van der Waals surface area (Å²) in [5.41, 5.74) is 0. The van der Waals surface area contributed by atoms with Crippen LogP contribution in [0.15, 0.2) is 0 Å². The molecule has 2 saturated heterocycles. The van der Waals surface area contributed by atoms with Gasteiger partial charge in [-0.1, -0.05) is 6.92 Å². The Kier molecular flexibility index (Phi) is 4.40. The summed E-state index contributed by atoms with van der Waals surface area (Å²) in [4.78, 5) is 14.3. The zero-order valence-corrected chi connectivity index (χ0v) is 10.9. The van der Waals surface area contributed by atoms with Gasteiger partial charge in [-0.15, -0.1) is 0 Å². The van der Waals surface area contributed by atoms with Gasteiger partial charge >= 0.3 is 0 Å². The summed E-state index contributed by atoms with van der Waals surface area (Å²) in [7, 11) is 0. The molecular formula is C13H24N2O2. The molecule has 0 bridgehead atoms. The lowest BCUT2D eigenvalue weighted by atomic mass is 10.00. The quantitative estimate of drug-likeness (QED) is 0.801. The lowest BCUT2D eigenvalue weighted by molar-refractivity contribution is -0.141. The Morgan fingerprint density at radius 1 is 1.47 bits per heavy atom. The highest BCUT2D eigenvalue weighted by molar-refractivity contribution is 5.83. The number of piperidine rings is 1. The number of likely N-dealkylation sites (N-methyl/N-ethyl adjacent to an activating group) is 1. The molecule has 1 amide bonds. The molecule has 2 aliphatic heterocycles. The minimum Gasteiger partial charge on any atom is -0.376 e. The third-order valence-electron chi connectivity index (χ3n) is 3.92. The molecule has 4 nitrogen and oxygen atoms in total. The van der Waals surface area contributed by atoms with E-state index in [2.05, 4.69) is 19.2 Å². The van der Waals surface area contributed by atoms with E-state index in [1.165, 1.54) is 0 Å². The van der Waals surface area contributed by atoms with Gasteiger partial charge in [0.2, 0.25) is 5.91 Å². The summed E-state index contributed by atoms with van der Waals surface area (Å²) in [6, 6.07) is 0.254. The lowest BCUT2D eigenvalue weighted by Crippen LogP contribution is -2.56. The largest absolute Gasteiger partial charge is 0.376 e. The van der Waals surface area contributed by atoms with E-state index in [0.29, 0.717) is 0 Å². The second-order valence-corrected chi connectivity index (χ2v) is 5.08. The van der Waals surface area contributed by atoms with Gasteiger partial charge in [-0.3, -0.25) is 4.79 Å². The minimum absolute atomic E-state index is 0.0256. The van der Waals surface area contributed by atoms with Crippen molar-refractivity contribution in [3.05, 3.63) is 0 Å². The number of rotatable bonds is 4. The molecule has 98 valence electrons. The molecule has 0 aromatic rings. The van der Waals surface area contributed by atoms with Gasteiger partial charge in [0.25, 0.3) is 0 Å². The number of ether oxygens (including phenoxy) is 1. The fraction of sp³-hybridized carbons (Fsp3) is 0.923. The number of carbonyl (C=O) groups excluding carboxylic acids is 1. The van der Waals surface area contributed by atoms with Crippen LogP contribution in [0.25, 0.3) is 0 Å². The van der Waals surface area contributed by atoms with Crippen LogP contribution in [0.5, 0.6) is 0 Å². The normalized spacial score (nSPS) is 31.9. The van der Waals surface area contributed by atoms with Gasteiger partial charge in [-0.05, 0) is 39.2 Å². The first-order chi connectivity index (χ1) is 8.24. The van der Waals surface area contributed by atoms with E-state index in [0.717, 1.165) is 45.4 Å². The number of likely N-dealkylation sites (tertiary alicyclic amines) is 1. The van der Waals surface area contributed by atoms with Gasteiger partial charge in [0.05, 0.1) is 18.2 Å². The maximum atomic E-state index is 12.3. The van der Waals surface area contributed by atoms with Gasteiger partial charge < -0.3 is 15.0 Å². The maximum Gasteiger partial charge on any atom is 0.240 e. The van der Waals surface area contributed by atoms with Crippen molar-refractivity contribution in [3.63, 3.8) is 0 Å². The lowest BCUT2D eigenvalue weighted by Gasteiger charge is -2.38. The van der Waals surface area contributed by atoms with Crippen molar-refractivity contribution >= 4 is 5.91 Å². The van der Waals surface area contributed by atoms with Crippen LogP contribution in [0.1, 0.15) is 39.5 Å². The van der Waals surface area contributed by atoms with Crippen molar-refractivity contribution in [2.45, 2.75) is 57.7 Å². The average Bonchev–Trinajstić information content (AvgIpc) is 2.85. The molecule has 0 spiro atoms. The second kappa shape index (κ2) is 5.83. The third-order valence-corrected chi connectivity index (χ3v) is 3.92. The van der Waals surface area contributed by atoms with Crippen LogP contribution in [0.3, 0.4) is 0 Å². The molecule has 17 heavy (non-hydrogen) atoms. The fourth-order valence-electron chi connectivity index (χ4n) is 2.92. The molecule has 0 aromatic heterocycles. The number of hydrogen-bond acceptors (Lipinski definition) is 3. The molecule has 2 rings (SSSR count). The van der Waals surface area contributed by atoms with Crippen molar-refractivity contribution in [1.29, 1.82) is 0 Å². The van der Waals surface area contributed by atoms with Crippen LogP contribution in [-0.2, 0) is 9.53 Å². The van der Waals surface area contributed by atoms with Crippen LogP contribution in [0, 0.1) is 0 Å². The van der Waals surface area contributed by atoms with Crippen molar-refractivity contribution in [3.8, 4) is 0 Å². The van der Waals surface area contributed by atoms with Crippen LogP contribution in [-0.4, -0.2) is 48.7 Å². The van der Waals surface area contributed by atoms with E-state index < -0.39 is 0 Å². The van der Waals surface area contributed by atoms with E-state index in [1.54, 1.807) is 0 Å². The molecular weight excluding hydrogens is 216 g/mol. The van der Waals surface area contributed by atoms with Gasteiger partial charge in [-0.2, -0.15) is 0 Å². The summed E-state index contributed by atoms with van der Waals surface area (Å²) in [5, 5.41) is 3.28. The monoisotopic (exact) mass is 240 g/mol. The first kappa shape index (κ1) is 12.8. The van der Waals surface area contributed by atoms with E-state index in [1.807, 2.05) is 4.90 Å². The van der Waals surface area contributed by atoms with E-state index in [9.17, 15) is 4.79 Å². The summed E-state index contributed by atoms with van der Waals surface area (Å²) in [6.45, 7) is 6.78. The highest BCUT2D eigenvalue weighted by Gasteiger charge is 2.35. The molecule has 2 heterocycles. The second-order valence-electron chi connectivity index (χ2n) is 5.08. The van der Waals surface area contributed by atoms with Gasteiger partial charge in [0.15, 0.2) is 0 Å². The molecule has 4 heteroatoms. The van der Waals surface area contributed by atoms with Crippen molar-refractivity contribution in [1.82, 2.24) is 10.2 Å². The van der Waals surface area contributed by atoms with Gasteiger partial charge in [-0.25, -0.2) is 0 Å². The molecule has 2 aliphatic rings. The van der Waals surface area contributed by atoms with E-state index in [4.69, 9.17) is 4.74 Å². The molecule has 0 aromatic carbocycles. The highest BCUT2D eigenvalue weighted by Crippen LogP contribution is 2.23. The Bertz CT molecular complexity index is 262. The van der Waals surface area contributed by atoms with Crippen LogP contribution < -0.4 is 5.32 Å². The van der Waals surface area contributed by atoms with Gasteiger partial charge in [0, 0.05) is 13.2 Å². The highest BCUT2D eigenvalue weighted by atomic mass is 16.5. The van der Waals surface area contributed by atoms with E-state index >= 15 is 0 Å². The molecule has 3 unspecified atom stereocenters.